The van der Waals surface area contributed by atoms with E-state index in [2.05, 4.69) is 24.3 Å². The van der Waals surface area contributed by atoms with Gasteiger partial charge >= 0.3 is 12.1 Å². The van der Waals surface area contributed by atoms with E-state index in [0.29, 0.717) is 0 Å². The molecule has 0 aliphatic carbocycles. The first-order valence-corrected chi connectivity index (χ1v) is 9.02. The number of hydrogen-bond donors (Lipinski definition) is 0. The Kier molecular flexibility index (Phi) is 4.68. The minimum atomic E-state index is -4.81. The van der Waals surface area contributed by atoms with E-state index in [4.69, 9.17) is 4.74 Å². The van der Waals surface area contributed by atoms with E-state index < -0.39 is 35.7 Å². The number of fused-ring (bicyclic) bond motifs is 1. The monoisotopic (exact) mass is 429 g/mol. The molecule has 1 atom stereocenters. The molecule has 1 aromatic carbocycles. The van der Waals surface area contributed by atoms with Crippen molar-refractivity contribution in [1.29, 1.82) is 0 Å². The highest BCUT2D eigenvalue weighted by Gasteiger charge is 2.39. The quantitative estimate of drug-likeness (QED) is 0.578. The summed E-state index contributed by atoms with van der Waals surface area (Å²) in [7, 11) is 0. The molecule has 0 fully saturated rings. The van der Waals surface area contributed by atoms with Gasteiger partial charge < -0.3 is 14.2 Å². The molecule has 0 saturated heterocycles. The van der Waals surface area contributed by atoms with Gasteiger partial charge in [-0.1, -0.05) is 9.64 Å². The van der Waals surface area contributed by atoms with Crippen LogP contribution >= 0.6 is 11.5 Å². The second-order valence-electron chi connectivity index (χ2n) is 6.24. The van der Waals surface area contributed by atoms with Gasteiger partial charge in [-0.05, 0) is 30.6 Å². The van der Waals surface area contributed by atoms with Crippen molar-refractivity contribution in [1.82, 2.24) is 24.6 Å². The van der Waals surface area contributed by atoms with Gasteiger partial charge in [-0.25, -0.2) is 4.39 Å². The molecule has 0 radical (unpaired) electrons. The molecule has 0 spiro atoms. The fraction of sp³-hybridized carbons (Fsp3) is 0.312. The highest BCUT2D eigenvalue weighted by molar-refractivity contribution is 7.03. The minimum absolute atomic E-state index is 0.0409. The van der Waals surface area contributed by atoms with Gasteiger partial charge in [-0.15, -0.1) is 5.10 Å². The predicted octanol–water partition coefficient (Wildman–Crippen LogP) is 3.17. The Morgan fingerprint density at radius 1 is 1.34 bits per heavy atom. The van der Waals surface area contributed by atoms with Crippen LogP contribution < -0.4 is 4.74 Å². The fourth-order valence-corrected chi connectivity index (χ4v) is 3.21. The third-order valence-corrected chi connectivity index (χ3v) is 4.77. The van der Waals surface area contributed by atoms with Gasteiger partial charge in [-0.2, -0.15) is 18.2 Å². The molecule has 3 heterocycles. The smallest absolute Gasteiger partial charge is 0.471 e. The van der Waals surface area contributed by atoms with Crippen molar-refractivity contribution < 1.29 is 31.6 Å². The summed E-state index contributed by atoms with van der Waals surface area (Å²) < 4.78 is 66.2. The Balaban J connectivity index is 1.68. The SMILES string of the molecule is C[C@@H]1COc2cc(-c3noc(C(F)(F)F)n3)cc(F)c2CN1C(=O)c1csnn1. The maximum Gasteiger partial charge on any atom is 0.471 e. The van der Waals surface area contributed by atoms with Crippen LogP contribution in [0.5, 0.6) is 5.75 Å². The molecule has 13 heteroatoms. The average Bonchev–Trinajstić information content (AvgIpc) is 3.33. The lowest BCUT2D eigenvalue weighted by atomic mass is 10.1. The van der Waals surface area contributed by atoms with E-state index in [1.54, 1.807) is 6.92 Å². The summed E-state index contributed by atoms with van der Waals surface area (Å²) in [5, 5.41) is 8.47. The largest absolute Gasteiger partial charge is 0.491 e. The first kappa shape index (κ1) is 19.2. The number of hydrogen-bond acceptors (Lipinski definition) is 8. The summed E-state index contributed by atoms with van der Waals surface area (Å²) in [4.78, 5) is 17.3. The molecule has 2 aromatic heterocycles. The van der Waals surface area contributed by atoms with Crippen molar-refractivity contribution in [3.8, 4) is 17.1 Å². The van der Waals surface area contributed by atoms with Crippen molar-refractivity contribution in [2.75, 3.05) is 6.61 Å². The Morgan fingerprint density at radius 3 is 2.79 bits per heavy atom. The van der Waals surface area contributed by atoms with Crippen molar-refractivity contribution in [2.45, 2.75) is 25.7 Å². The average molecular weight is 429 g/mol. The summed E-state index contributed by atoms with van der Waals surface area (Å²) in [6.45, 7) is 1.65. The number of carbonyl (C=O) groups excluding carboxylic acids is 1. The summed E-state index contributed by atoms with van der Waals surface area (Å²) in [5.74, 6) is -3.09. The molecule has 0 N–H and O–H groups in total. The maximum absolute atomic E-state index is 14.8. The van der Waals surface area contributed by atoms with Crippen molar-refractivity contribution in [2.24, 2.45) is 0 Å². The molecule has 0 unspecified atom stereocenters. The summed E-state index contributed by atoms with van der Waals surface area (Å²) >= 11 is 1.01. The summed E-state index contributed by atoms with van der Waals surface area (Å²) in [6, 6.07) is 1.87. The number of amides is 1. The van der Waals surface area contributed by atoms with Gasteiger partial charge in [0, 0.05) is 16.5 Å². The molecule has 3 aromatic rings. The van der Waals surface area contributed by atoms with E-state index in [1.165, 1.54) is 16.3 Å². The number of nitrogens with zero attached hydrogens (tertiary/aromatic N) is 5. The Bertz CT molecular complexity index is 1050. The number of rotatable bonds is 2. The van der Waals surface area contributed by atoms with Crippen LogP contribution in [0.2, 0.25) is 0 Å². The normalized spacial score (nSPS) is 16.9. The maximum atomic E-state index is 14.8. The zero-order chi connectivity index (χ0) is 20.8. The molecule has 0 bridgehead atoms. The zero-order valence-corrected chi connectivity index (χ0v) is 15.4. The molecular formula is C16H11F4N5O3S. The Morgan fingerprint density at radius 2 is 2.14 bits per heavy atom. The van der Waals surface area contributed by atoms with Crippen LogP contribution in [-0.2, 0) is 12.7 Å². The topological polar surface area (TPSA) is 94.2 Å². The van der Waals surface area contributed by atoms with Crippen molar-refractivity contribution in [3.63, 3.8) is 0 Å². The van der Waals surface area contributed by atoms with Crippen LogP contribution in [0.25, 0.3) is 11.4 Å². The van der Waals surface area contributed by atoms with E-state index in [0.717, 1.165) is 17.6 Å². The van der Waals surface area contributed by atoms with Crippen LogP contribution in [-0.4, -0.2) is 43.2 Å². The molecule has 29 heavy (non-hydrogen) atoms. The molecule has 8 nitrogen and oxygen atoms in total. The Hall–Kier alpha value is -3.09. The van der Waals surface area contributed by atoms with E-state index in [9.17, 15) is 22.4 Å². The van der Waals surface area contributed by atoms with Gasteiger partial charge in [0.05, 0.1) is 12.6 Å². The standard InChI is InChI=1S/C16H11F4N5O3S/c1-7-5-27-12-3-8(13-21-15(28-23-13)16(18,19)20)2-10(17)9(12)4-25(7)14(26)11-6-29-24-22-11/h2-3,6-7H,4-5H2,1H3/t7-/m1/s1. The van der Waals surface area contributed by atoms with Crippen LogP contribution in [0.1, 0.15) is 28.9 Å². The van der Waals surface area contributed by atoms with E-state index in [-0.39, 0.29) is 35.7 Å². The minimum Gasteiger partial charge on any atom is -0.491 e. The van der Waals surface area contributed by atoms with E-state index in [1.807, 2.05) is 0 Å². The van der Waals surface area contributed by atoms with Crippen LogP contribution in [0.3, 0.4) is 0 Å². The lowest BCUT2D eigenvalue weighted by molar-refractivity contribution is -0.159. The summed E-state index contributed by atoms with van der Waals surface area (Å²) in [6.07, 6.45) is -4.81. The third kappa shape index (κ3) is 3.64. The molecule has 4 rings (SSSR count). The lowest BCUT2D eigenvalue weighted by Gasteiger charge is -2.25. The lowest BCUT2D eigenvalue weighted by Crippen LogP contribution is -2.40. The number of aromatic nitrogens is 4. The van der Waals surface area contributed by atoms with Gasteiger partial charge in [0.25, 0.3) is 5.91 Å². The van der Waals surface area contributed by atoms with Crippen LogP contribution in [0.4, 0.5) is 17.6 Å². The van der Waals surface area contributed by atoms with Gasteiger partial charge in [0.15, 0.2) is 5.69 Å². The first-order chi connectivity index (χ1) is 13.7. The predicted molar refractivity (Wildman–Crippen MR) is 89.4 cm³/mol. The number of benzene rings is 1. The molecule has 1 aliphatic rings. The number of ether oxygens (including phenoxy) is 1. The number of halogens is 4. The van der Waals surface area contributed by atoms with Crippen LogP contribution in [0.15, 0.2) is 22.0 Å². The van der Waals surface area contributed by atoms with Gasteiger partial charge in [0.2, 0.25) is 5.82 Å². The fourth-order valence-electron chi connectivity index (χ4n) is 2.78. The molecule has 1 aliphatic heterocycles. The number of alkyl halides is 3. The highest BCUT2D eigenvalue weighted by Crippen LogP contribution is 2.34. The Labute approximate surface area is 164 Å². The molecule has 152 valence electrons. The van der Waals surface area contributed by atoms with E-state index >= 15 is 0 Å². The van der Waals surface area contributed by atoms with Crippen molar-refractivity contribution >= 4 is 17.4 Å². The molecule has 1 amide bonds. The highest BCUT2D eigenvalue weighted by atomic mass is 32.1. The molecule has 0 saturated carbocycles. The molecular weight excluding hydrogens is 418 g/mol. The second-order valence-corrected chi connectivity index (χ2v) is 6.85. The first-order valence-electron chi connectivity index (χ1n) is 8.18. The van der Waals surface area contributed by atoms with Crippen LogP contribution in [0, 0.1) is 5.82 Å². The van der Waals surface area contributed by atoms with Crippen molar-refractivity contribution in [3.05, 3.63) is 40.5 Å². The third-order valence-electron chi connectivity index (χ3n) is 4.26. The zero-order valence-electron chi connectivity index (χ0n) is 14.6. The summed E-state index contributed by atoms with van der Waals surface area (Å²) in [5.41, 5.74) is 0.166. The van der Waals surface area contributed by atoms with Gasteiger partial charge in [-0.3, -0.25) is 4.79 Å². The number of carbonyl (C=O) groups is 1. The van der Waals surface area contributed by atoms with Gasteiger partial charge in [0.1, 0.15) is 18.2 Å². The second kappa shape index (κ2) is 7.06.